The van der Waals surface area contributed by atoms with Crippen molar-refractivity contribution < 1.29 is 29.3 Å². The van der Waals surface area contributed by atoms with Gasteiger partial charge in [-0.2, -0.15) is 0 Å². The Morgan fingerprint density at radius 3 is 2.67 bits per heavy atom. The van der Waals surface area contributed by atoms with E-state index < -0.39 is 23.7 Å². The van der Waals surface area contributed by atoms with Gasteiger partial charge in [0.2, 0.25) is 0 Å². The van der Waals surface area contributed by atoms with Gasteiger partial charge in [0.05, 0.1) is 24.3 Å². The largest absolute Gasteiger partial charge is 0.496 e. The summed E-state index contributed by atoms with van der Waals surface area (Å²) < 4.78 is 10.8. The number of methoxy groups -OCH3 is 1. The van der Waals surface area contributed by atoms with Crippen LogP contribution in [0.3, 0.4) is 0 Å². The molecule has 0 aromatic heterocycles. The summed E-state index contributed by atoms with van der Waals surface area (Å²) in [5.74, 6) is -3.13. The fourth-order valence-electron chi connectivity index (χ4n) is 3.90. The van der Waals surface area contributed by atoms with E-state index in [1.54, 1.807) is 0 Å². The number of hydrogen-bond donors (Lipinski definition) is 4. The molecular weight excluding hydrogens is 388 g/mol. The molecule has 0 bridgehead atoms. The summed E-state index contributed by atoms with van der Waals surface area (Å²) in [7, 11) is 1.54. The second-order valence-electron chi connectivity index (χ2n) is 7.94. The van der Waals surface area contributed by atoms with Crippen molar-refractivity contribution in [3.8, 4) is 5.75 Å². The molecule has 0 fully saturated rings. The van der Waals surface area contributed by atoms with Crippen molar-refractivity contribution >= 4 is 17.6 Å². The van der Waals surface area contributed by atoms with Gasteiger partial charge in [0, 0.05) is 11.1 Å². The van der Waals surface area contributed by atoms with Gasteiger partial charge in [-0.1, -0.05) is 32.4 Å². The summed E-state index contributed by atoms with van der Waals surface area (Å²) in [6.45, 7) is 7.18. The van der Waals surface area contributed by atoms with Gasteiger partial charge in [-0.25, -0.2) is 4.79 Å². The zero-order chi connectivity index (χ0) is 22.6. The molecule has 3 atom stereocenters. The van der Waals surface area contributed by atoms with Crippen molar-refractivity contribution in [3.05, 3.63) is 34.4 Å². The number of aliphatic hydroxyl groups is 1. The van der Waals surface area contributed by atoms with Crippen LogP contribution in [0.25, 0.3) is 0 Å². The molecule has 0 spiro atoms. The van der Waals surface area contributed by atoms with Gasteiger partial charge in [0.25, 0.3) is 0 Å². The van der Waals surface area contributed by atoms with Crippen molar-refractivity contribution in [2.24, 2.45) is 17.6 Å². The number of carbonyl (C=O) groups is 2. The average molecular weight is 421 g/mol. The van der Waals surface area contributed by atoms with Gasteiger partial charge in [-0.15, -0.1) is 0 Å². The SMILES string of the molecule is CCCC(C(=O)O)C(C)/C=C/Cc1c(NC(C)(N)O)c2c(c(C)c1OC)COC2=O. The first kappa shape index (κ1) is 23.7. The molecule has 3 unspecified atom stereocenters. The number of rotatable bonds is 10. The number of hydrogen-bond acceptors (Lipinski definition) is 7. The van der Waals surface area contributed by atoms with E-state index in [0.29, 0.717) is 41.0 Å². The van der Waals surface area contributed by atoms with Gasteiger partial charge in [-0.3, -0.25) is 10.5 Å². The first-order valence-electron chi connectivity index (χ1n) is 10.1. The molecule has 0 aliphatic carbocycles. The molecule has 0 saturated heterocycles. The lowest BCUT2D eigenvalue weighted by atomic mass is 9.89. The van der Waals surface area contributed by atoms with E-state index in [2.05, 4.69) is 5.32 Å². The van der Waals surface area contributed by atoms with Gasteiger partial charge in [0.15, 0.2) is 5.85 Å². The van der Waals surface area contributed by atoms with Gasteiger partial charge in [-0.05, 0) is 38.2 Å². The maximum atomic E-state index is 12.4. The quantitative estimate of drug-likeness (QED) is 0.258. The summed E-state index contributed by atoms with van der Waals surface area (Å²) in [5.41, 5.74) is 8.58. The summed E-state index contributed by atoms with van der Waals surface area (Å²) in [4.78, 5) is 23.9. The third-order valence-corrected chi connectivity index (χ3v) is 5.37. The molecule has 1 aromatic rings. The van der Waals surface area contributed by atoms with Crippen LogP contribution in [0, 0.1) is 18.8 Å². The number of ether oxygens (including phenoxy) is 2. The van der Waals surface area contributed by atoms with Crippen LogP contribution in [0.4, 0.5) is 5.69 Å². The standard InChI is InChI=1S/C22H32N2O6/c1-6-8-14(20(25)26)12(2)9-7-10-15-18(24-22(4,23)28)17-16(11-30-21(17)27)13(3)19(15)29-5/h7,9,12,14,24,28H,6,8,10-11,23H2,1-5H3,(H,25,26)/b9-7+. The molecule has 30 heavy (non-hydrogen) atoms. The molecular formula is C22H32N2O6. The molecule has 0 radical (unpaired) electrons. The summed E-state index contributed by atoms with van der Waals surface area (Å²) >= 11 is 0. The summed E-state index contributed by atoms with van der Waals surface area (Å²) in [6.07, 6.45) is 5.45. The number of fused-ring (bicyclic) bond motifs is 1. The average Bonchev–Trinajstić information content (AvgIpc) is 3.03. The Labute approximate surface area is 177 Å². The number of carbonyl (C=O) groups excluding carboxylic acids is 1. The fraction of sp³-hybridized carbons (Fsp3) is 0.545. The Morgan fingerprint density at radius 1 is 1.47 bits per heavy atom. The number of nitrogens with two attached hydrogens (primary N) is 1. The number of nitrogens with one attached hydrogen (secondary N) is 1. The molecule has 1 aliphatic heterocycles. The second-order valence-corrected chi connectivity index (χ2v) is 7.94. The predicted octanol–water partition coefficient (Wildman–Crippen LogP) is 2.95. The van der Waals surface area contributed by atoms with E-state index in [9.17, 15) is 19.8 Å². The smallest absolute Gasteiger partial charge is 0.341 e. The van der Waals surface area contributed by atoms with Crippen LogP contribution in [-0.4, -0.2) is 35.1 Å². The maximum absolute atomic E-state index is 12.4. The van der Waals surface area contributed by atoms with Gasteiger partial charge < -0.3 is 25.0 Å². The zero-order valence-corrected chi connectivity index (χ0v) is 18.2. The highest BCUT2D eigenvalue weighted by Crippen LogP contribution is 2.42. The van der Waals surface area contributed by atoms with Crippen LogP contribution in [0.5, 0.6) is 5.75 Å². The van der Waals surface area contributed by atoms with E-state index in [4.69, 9.17) is 15.2 Å². The third kappa shape index (κ3) is 5.12. The third-order valence-electron chi connectivity index (χ3n) is 5.37. The molecule has 0 saturated carbocycles. The monoisotopic (exact) mass is 420 g/mol. The molecule has 8 nitrogen and oxygen atoms in total. The molecule has 0 amide bonds. The molecule has 8 heteroatoms. The lowest BCUT2D eigenvalue weighted by molar-refractivity contribution is -0.143. The lowest BCUT2D eigenvalue weighted by Gasteiger charge is -2.26. The highest BCUT2D eigenvalue weighted by atomic mass is 16.5. The number of carboxylic acids is 1. The predicted molar refractivity (Wildman–Crippen MR) is 113 cm³/mol. The number of aliphatic carboxylic acids is 1. The topological polar surface area (TPSA) is 131 Å². The normalized spacial score (nSPS) is 17.2. The van der Waals surface area contributed by atoms with Crippen molar-refractivity contribution in [2.75, 3.05) is 12.4 Å². The second kappa shape index (κ2) is 9.49. The molecule has 1 aliphatic rings. The van der Waals surface area contributed by atoms with Crippen LogP contribution in [-0.2, 0) is 22.6 Å². The molecule has 2 rings (SSSR count). The molecule has 5 N–H and O–H groups in total. The maximum Gasteiger partial charge on any atom is 0.341 e. The van der Waals surface area contributed by atoms with E-state index in [-0.39, 0.29) is 12.5 Å². The first-order valence-corrected chi connectivity index (χ1v) is 10.1. The van der Waals surface area contributed by atoms with E-state index >= 15 is 0 Å². The highest BCUT2D eigenvalue weighted by molar-refractivity contribution is 6.01. The van der Waals surface area contributed by atoms with Crippen molar-refractivity contribution in [1.82, 2.24) is 0 Å². The minimum Gasteiger partial charge on any atom is -0.496 e. The fourth-order valence-corrected chi connectivity index (χ4v) is 3.90. The number of benzene rings is 1. The Bertz CT molecular complexity index is 841. The highest BCUT2D eigenvalue weighted by Gasteiger charge is 2.33. The zero-order valence-electron chi connectivity index (χ0n) is 18.2. The number of carboxylic acid groups (broad SMARTS) is 1. The number of esters is 1. The van der Waals surface area contributed by atoms with Gasteiger partial charge in [0.1, 0.15) is 12.4 Å². The van der Waals surface area contributed by atoms with Crippen molar-refractivity contribution in [3.63, 3.8) is 0 Å². The van der Waals surface area contributed by atoms with Crippen LogP contribution in [0.1, 0.15) is 60.7 Å². The van der Waals surface area contributed by atoms with Crippen molar-refractivity contribution in [1.29, 1.82) is 0 Å². The van der Waals surface area contributed by atoms with E-state index in [1.807, 2.05) is 32.9 Å². The molecule has 1 aromatic carbocycles. The van der Waals surface area contributed by atoms with Crippen molar-refractivity contribution in [2.45, 2.75) is 59.4 Å². The Balaban J connectivity index is 2.48. The Hall–Kier alpha value is -2.58. The summed E-state index contributed by atoms with van der Waals surface area (Å²) in [6, 6.07) is 0. The lowest BCUT2D eigenvalue weighted by Crippen LogP contribution is -2.44. The van der Waals surface area contributed by atoms with Crippen LogP contribution >= 0.6 is 0 Å². The van der Waals surface area contributed by atoms with Crippen LogP contribution in [0.2, 0.25) is 0 Å². The van der Waals surface area contributed by atoms with Gasteiger partial charge >= 0.3 is 11.9 Å². The van der Waals surface area contributed by atoms with Crippen LogP contribution < -0.4 is 15.8 Å². The number of anilines is 1. The minimum atomic E-state index is -1.77. The van der Waals surface area contributed by atoms with Crippen LogP contribution in [0.15, 0.2) is 12.2 Å². The Kier molecular flexibility index (Phi) is 7.49. The Morgan fingerprint density at radius 2 is 2.13 bits per heavy atom. The molecule has 1 heterocycles. The van der Waals surface area contributed by atoms with E-state index in [0.717, 1.165) is 12.0 Å². The minimum absolute atomic E-state index is 0.127. The number of cyclic esters (lactones) is 1. The first-order chi connectivity index (χ1) is 14.0. The molecule has 166 valence electrons. The van der Waals surface area contributed by atoms with E-state index in [1.165, 1.54) is 14.0 Å². The summed E-state index contributed by atoms with van der Waals surface area (Å²) in [5, 5.41) is 22.4. The number of allylic oxidation sites excluding steroid dienone is 2.